The van der Waals surface area contributed by atoms with E-state index in [9.17, 15) is 14.4 Å². The quantitative estimate of drug-likeness (QED) is 0.777. The molecule has 4 amide bonds. The van der Waals surface area contributed by atoms with Gasteiger partial charge in [-0.1, -0.05) is 13.0 Å². The monoisotopic (exact) mass is 375 g/mol. The summed E-state index contributed by atoms with van der Waals surface area (Å²) in [7, 11) is 1.58. The summed E-state index contributed by atoms with van der Waals surface area (Å²) in [5.74, 6) is 0.0573. The van der Waals surface area contributed by atoms with Gasteiger partial charge >= 0.3 is 6.03 Å². The van der Waals surface area contributed by atoms with Crippen molar-refractivity contribution in [1.82, 2.24) is 15.1 Å². The summed E-state index contributed by atoms with van der Waals surface area (Å²) in [6, 6.07) is 4.86. The van der Waals surface area contributed by atoms with Crippen LogP contribution in [-0.4, -0.2) is 67.6 Å². The second-order valence-electron chi connectivity index (χ2n) is 6.76. The van der Waals surface area contributed by atoms with Crippen LogP contribution in [0.3, 0.4) is 0 Å². The molecule has 2 fully saturated rings. The van der Waals surface area contributed by atoms with Crippen LogP contribution in [0.15, 0.2) is 18.2 Å². The zero-order chi connectivity index (χ0) is 19.6. The van der Waals surface area contributed by atoms with Crippen LogP contribution in [0.25, 0.3) is 0 Å². The van der Waals surface area contributed by atoms with E-state index in [2.05, 4.69) is 5.32 Å². The third kappa shape index (κ3) is 3.37. The minimum absolute atomic E-state index is 0.250. The lowest BCUT2D eigenvalue weighted by Gasteiger charge is -2.29. The number of carbonyl (C=O) groups excluding carboxylic acids is 3. The molecule has 2 aliphatic heterocycles. The molecule has 0 aromatic heterocycles. The molecular weight excluding hydrogens is 350 g/mol. The van der Waals surface area contributed by atoms with Crippen LogP contribution >= 0.6 is 0 Å². The van der Waals surface area contributed by atoms with Crippen molar-refractivity contribution in [2.24, 2.45) is 0 Å². The molecule has 0 bridgehead atoms. The number of morpholine rings is 1. The molecule has 0 aliphatic carbocycles. The van der Waals surface area contributed by atoms with Gasteiger partial charge in [-0.25, -0.2) is 4.79 Å². The lowest BCUT2D eigenvalue weighted by Crippen LogP contribution is -2.48. The lowest BCUT2D eigenvalue weighted by atomic mass is 9.86. The number of amides is 4. The molecule has 8 nitrogen and oxygen atoms in total. The van der Waals surface area contributed by atoms with Gasteiger partial charge in [-0.3, -0.25) is 14.5 Å². The van der Waals surface area contributed by atoms with Crippen molar-refractivity contribution in [1.29, 1.82) is 0 Å². The number of methoxy groups -OCH3 is 1. The van der Waals surface area contributed by atoms with Crippen LogP contribution in [0.4, 0.5) is 4.79 Å². The number of rotatable bonds is 5. The SMILES string of the molecule is CCC1(c2ccc(OC)c(C)c2)NC(=O)N(CC(=O)N2CCOCC2)C1=O. The smallest absolute Gasteiger partial charge is 0.325 e. The van der Waals surface area contributed by atoms with E-state index in [4.69, 9.17) is 9.47 Å². The highest BCUT2D eigenvalue weighted by atomic mass is 16.5. The van der Waals surface area contributed by atoms with Gasteiger partial charge in [0.15, 0.2) is 0 Å². The Kier molecular flexibility index (Phi) is 5.36. The largest absolute Gasteiger partial charge is 0.496 e. The topological polar surface area (TPSA) is 88.2 Å². The third-order valence-corrected chi connectivity index (χ3v) is 5.25. The van der Waals surface area contributed by atoms with Crippen molar-refractivity contribution in [2.45, 2.75) is 25.8 Å². The summed E-state index contributed by atoms with van der Waals surface area (Å²) in [5.41, 5.74) is 0.384. The molecule has 146 valence electrons. The number of imide groups is 1. The maximum Gasteiger partial charge on any atom is 0.325 e. The minimum atomic E-state index is -1.17. The van der Waals surface area contributed by atoms with Crippen LogP contribution in [0.5, 0.6) is 5.75 Å². The zero-order valence-electron chi connectivity index (χ0n) is 15.9. The van der Waals surface area contributed by atoms with Crippen molar-refractivity contribution < 1.29 is 23.9 Å². The molecule has 3 rings (SSSR count). The fourth-order valence-electron chi connectivity index (χ4n) is 3.60. The molecule has 2 saturated heterocycles. The van der Waals surface area contributed by atoms with Crippen LogP contribution in [0, 0.1) is 6.92 Å². The number of nitrogens with one attached hydrogen (secondary N) is 1. The number of hydrogen-bond acceptors (Lipinski definition) is 5. The Bertz CT molecular complexity index is 760. The molecule has 0 saturated carbocycles. The first-order valence-electron chi connectivity index (χ1n) is 9.07. The van der Waals surface area contributed by atoms with Crippen molar-refractivity contribution in [2.75, 3.05) is 40.0 Å². The first-order valence-corrected chi connectivity index (χ1v) is 9.07. The second-order valence-corrected chi connectivity index (χ2v) is 6.76. The predicted molar refractivity (Wildman–Crippen MR) is 97.3 cm³/mol. The highest BCUT2D eigenvalue weighted by molar-refractivity contribution is 6.09. The number of urea groups is 1. The minimum Gasteiger partial charge on any atom is -0.496 e. The highest BCUT2D eigenvalue weighted by Crippen LogP contribution is 2.34. The van der Waals surface area contributed by atoms with Crippen LogP contribution in [0.1, 0.15) is 24.5 Å². The normalized spacial score (nSPS) is 22.8. The van der Waals surface area contributed by atoms with E-state index in [-0.39, 0.29) is 12.5 Å². The number of aryl methyl sites for hydroxylation is 1. The Morgan fingerprint density at radius 1 is 1.30 bits per heavy atom. The number of hydrogen-bond donors (Lipinski definition) is 1. The second kappa shape index (κ2) is 7.56. The third-order valence-electron chi connectivity index (χ3n) is 5.25. The first-order chi connectivity index (χ1) is 12.9. The van der Waals surface area contributed by atoms with Gasteiger partial charge in [0, 0.05) is 13.1 Å². The van der Waals surface area contributed by atoms with Crippen LogP contribution < -0.4 is 10.1 Å². The Hall–Kier alpha value is -2.61. The van der Waals surface area contributed by atoms with Gasteiger partial charge in [-0.05, 0) is 36.6 Å². The van der Waals surface area contributed by atoms with Crippen LogP contribution in [-0.2, 0) is 19.9 Å². The van der Waals surface area contributed by atoms with E-state index < -0.39 is 17.5 Å². The van der Waals surface area contributed by atoms with E-state index in [0.29, 0.717) is 44.0 Å². The fourth-order valence-corrected chi connectivity index (χ4v) is 3.60. The highest BCUT2D eigenvalue weighted by Gasteiger charge is 2.52. The Morgan fingerprint density at radius 2 is 2.00 bits per heavy atom. The summed E-state index contributed by atoms with van der Waals surface area (Å²) in [6.45, 7) is 5.34. The molecule has 0 spiro atoms. The Balaban J connectivity index is 1.84. The average Bonchev–Trinajstić information content (AvgIpc) is 2.93. The summed E-state index contributed by atoms with van der Waals surface area (Å²) in [5, 5.41) is 2.81. The molecule has 1 aromatic carbocycles. The summed E-state index contributed by atoms with van der Waals surface area (Å²) >= 11 is 0. The maximum absolute atomic E-state index is 13.2. The lowest BCUT2D eigenvalue weighted by molar-refractivity contribution is -0.141. The van der Waals surface area contributed by atoms with Gasteiger partial charge in [-0.2, -0.15) is 0 Å². The maximum atomic E-state index is 13.2. The number of benzene rings is 1. The van der Waals surface area contributed by atoms with Gasteiger partial charge in [0.05, 0.1) is 20.3 Å². The van der Waals surface area contributed by atoms with Crippen molar-refractivity contribution in [3.05, 3.63) is 29.3 Å². The van der Waals surface area contributed by atoms with E-state index >= 15 is 0 Å². The molecule has 8 heteroatoms. The predicted octanol–water partition coefficient (Wildman–Crippen LogP) is 1.02. The van der Waals surface area contributed by atoms with Gasteiger partial charge in [0.2, 0.25) is 5.91 Å². The van der Waals surface area contributed by atoms with E-state index in [0.717, 1.165) is 10.5 Å². The molecule has 1 unspecified atom stereocenters. The average molecular weight is 375 g/mol. The van der Waals surface area contributed by atoms with Crippen molar-refractivity contribution >= 4 is 17.8 Å². The van der Waals surface area contributed by atoms with Crippen LogP contribution in [0.2, 0.25) is 0 Å². The molecule has 0 radical (unpaired) electrons. The van der Waals surface area contributed by atoms with Gasteiger partial charge < -0.3 is 19.7 Å². The summed E-state index contributed by atoms with van der Waals surface area (Å²) in [6.07, 6.45) is 0.381. The number of ether oxygens (including phenoxy) is 2. The van der Waals surface area contributed by atoms with Gasteiger partial charge in [0.25, 0.3) is 5.91 Å². The number of carbonyl (C=O) groups is 3. The molecule has 1 aromatic rings. The standard InChI is InChI=1S/C19H25N3O5/c1-4-19(14-5-6-15(26-3)13(2)11-14)17(24)22(18(25)20-19)12-16(23)21-7-9-27-10-8-21/h5-6,11H,4,7-10,12H2,1-3H3,(H,20,25). The Labute approximate surface area is 158 Å². The van der Waals surface area contributed by atoms with Crippen molar-refractivity contribution in [3.63, 3.8) is 0 Å². The zero-order valence-corrected chi connectivity index (χ0v) is 15.9. The summed E-state index contributed by atoms with van der Waals surface area (Å²) in [4.78, 5) is 40.8. The van der Waals surface area contributed by atoms with E-state index in [1.54, 1.807) is 24.1 Å². The molecule has 2 heterocycles. The molecular formula is C19H25N3O5. The molecule has 2 aliphatic rings. The van der Waals surface area contributed by atoms with E-state index in [1.165, 1.54) is 0 Å². The molecule has 1 atom stereocenters. The first kappa shape index (κ1) is 19.2. The number of nitrogens with zero attached hydrogens (tertiary/aromatic N) is 2. The molecule has 1 N–H and O–H groups in total. The Morgan fingerprint density at radius 3 is 2.59 bits per heavy atom. The van der Waals surface area contributed by atoms with Gasteiger partial charge in [-0.15, -0.1) is 0 Å². The summed E-state index contributed by atoms with van der Waals surface area (Å²) < 4.78 is 10.5. The fraction of sp³-hybridized carbons (Fsp3) is 0.526. The molecule has 27 heavy (non-hydrogen) atoms. The van der Waals surface area contributed by atoms with Gasteiger partial charge in [0.1, 0.15) is 17.8 Å². The van der Waals surface area contributed by atoms with Crippen molar-refractivity contribution in [3.8, 4) is 5.75 Å². The van der Waals surface area contributed by atoms with E-state index in [1.807, 2.05) is 19.9 Å².